The molecule has 4 heteroatoms. The molecule has 2 N–H and O–H groups in total. The largest absolute Gasteiger partial charge is 0.383 e. The van der Waals surface area contributed by atoms with Crippen molar-refractivity contribution in [3.05, 3.63) is 35.9 Å². The lowest BCUT2D eigenvalue weighted by atomic mass is 9.98. The predicted molar refractivity (Wildman–Crippen MR) is 83.0 cm³/mol. The van der Waals surface area contributed by atoms with Crippen LogP contribution in [-0.4, -0.2) is 58.0 Å². The van der Waals surface area contributed by atoms with E-state index in [2.05, 4.69) is 36.1 Å². The zero-order valence-corrected chi connectivity index (χ0v) is 12.9. The quantitative estimate of drug-likeness (QED) is 0.709. The Morgan fingerprint density at radius 2 is 1.85 bits per heavy atom. The van der Waals surface area contributed by atoms with Crippen LogP contribution in [0.3, 0.4) is 0 Å². The highest BCUT2D eigenvalue weighted by atomic mass is 16.5. The summed E-state index contributed by atoms with van der Waals surface area (Å²) in [5.41, 5.74) is 7.26. The van der Waals surface area contributed by atoms with Crippen molar-refractivity contribution in [3.63, 3.8) is 0 Å². The molecule has 2 unspecified atom stereocenters. The summed E-state index contributed by atoms with van der Waals surface area (Å²) < 4.78 is 10.5. The average Bonchev–Trinajstić information content (AvgIpc) is 2.48. The molecule has 0 fully saturated rings. The van der Waals surface area contributed by atoms with E-state index in [1.165, 1.54) is 5.56 Å². The number of nitrogens with two attached hydrogens (primary N) is 1. The number of rotatable bonds is 10. The van der Waals surface area contributed by atoms with Gasteiger partial charge in [0.1, 0.15) is 0 Å². The van der Waals surface area contributed by atoms with Crippen molar-refractivity contribution >= 4 is 0 Å². The molecule has 0 amide bonds. The van der Waals surface area contributed by atoms with E-state index in [0.29, 0.717) is 18.5 Å². The van der Waals surface area contributed by atoms with Gasteiger partial charge in [-0.05, 0) is 12.5 Å². The average molecular weight is 280 g/mol. The zero-order chi connectivity index (χ0) is 14.8. The van der Waals surface area contributed by atoms with Crippen LogP contribution in [0.1, 0.15) is 18.4 Å². The van der Waals surface area contributed by atoms with Crippen molar-refractivity contribution in [2.45, 2.75) is 18.9 Å². The third-order valence-electron chi connectivity index (χ3n) is 3.62. The third-order valence-corrected chi connectivity index (χ3v) is 3.62. The number of methoxy groups -OCH3 is 2. The van der Waals surface area contributed by atoms with Gasteiger partial charge < -0.3 is 15.2 Å². The number of nitrogens with zero attached hydrogens (tertiary/aromatic N) is 1. The Kier molecular flexibility index (Phi) is 8.46. The van der Waals surface area contributed by atoms with Gasteiger partial charge in [0.05, 0.1) is 13.2 Å². The van der Waals surface area contributed by atoms with Gasteiger partial charge >= 0.3 is 0 Å². The van der Waals surface area contributed by atoms with E-state index in [1.54, 1.807) is 14.2 Å². The summed E-state index contributed by atoms with van der Waals surface area (Å²) in [5.74, 6) is 0.340. The van der Waals surface area contributed by atoms with E-state index in [-0.39, 0.29) is 0 Å². The normalized spacial score (nSPS) is 14.4. The van der Waals surface area contributed by atoms with Gasteiger partial charge in [-0.2, -0.15) is 0 Å². The summed E-state index contributed by atoms with van der Waals surface area (Å²) in [6.45, 7) is 6.08. The van der Waals surface area contributed by atoms with Crippen molar-refractivity contribution in [1.82, 2.24) is 4.90 Å². The van der Waals surface area contributed by atoms with Gasteiger partial charge in [0.2, 0.25) is 0 Å². The molecule has 0 bridgehead atoms. The van der Waals surface area contributed by atoms with Crippen LogP contribution >= 0.6 is 0 Å². The lowest BCUT2D eigenvalue weighted by Crippen LogP contribution is -2.42. The Balaban J connectivity index is 2.70. The van der Waals surface area contributed by atoms with Crippen molar-refractivity contribution in [2.75, 3.05) is 47.1 Å². The summed E-state index contributed by atoms with van der Waals surface area (Å²) >= 11 is 0. The molecule has 0 saturated heterocycles. The summed E-state index contributed by atoms with van der Waals surface area (Å²) in [5, 5.41) is 0. The van der Waals surface area contributed by atoms with E-state index in [4.69, 9.17) is 15.2 Å². The second kappa shape index (κ2) is 9.88. The van der Waals surface area contributed by atoms with Crippen LogP contribution in [0, 0.1) is 0 Å². The number of hydrogen-bond acceptors (Lipinski definition) is 4. The smallest absolute Gasteiger partial charge is 0.0615 e. The molecule has 0 spiro atoms. The highest BCUT2D eigenvalue weighted by molar-refractivity contribution is 5.20. The summed E-state index contributed by atoms with van der Waals surface area (Å²) in [7, 11) is 3.47. The van der Waals surface area contributed by atoms with E-state index in [1.807, 2.05) is 6.07 Å². The van der Waals surface area contributed by atoms with Crippen molar-refractivity contribution in [3.8, 4) is 0 Å². The Bertz CT molecular complexity index is 346. The summed E-state index contributed by atoms with van der Waals surface area (Å²) in [6, 6.07) is 10.8. The SMILES string of the molecule is COCCN(CC(CN)c1ccccc1)C(C)COC. The first-order valence-electron chi connectivity index (χ1n) is 7.19. The minimum absolute atomic E-state index is 0.340. The first-order chi connectivity index (χ1) is 9.72. The molecule has 4 nitrogen and oxygen atoms in total. The fraction of sp³-hybridized carbons (Fsp3) is 0.625. The molecular formula is C16H28N2O2. The minimum Gasteiger partial charge on any atom is -0.383 e. The first kappa shape index (κ1) is 17.1. The summed E-state index contributed by atoms with van der Waals surface area (Å²) in [4.78, 5) is 2.39. The Morgan fingerprint density at radius 1 is 1.15 bits per heavy atom. The molecule has 0 aliphatic carbocycles. The molecule has 0 radical (unpaired) electrons. The molecule has 1 aromatic rings. The lowest BCUT2D eigenvalue weighted by molar-refractivity contribution is 0.0715. The van der Waals surface area contributed by atoms with Gasteiger partial charge in [-0.1, -0.05) is 30.3 Å². The van der Waals surface area contributed by atoms with Crippen LogP contribution in [0.5, 0.6) is 0 Å². The van der Waals surface area contributed by atoms with Crippen LogP contribution in [0.15, 0.2) is 30.3 Å². The van der Waals surface area contributed by atoms with E-state index < -0.39 is 0 Å². The molecule has 0 aromatic heterocycles. The first-order valence-corrected chi connectivity index (χ1v) is 7.19. The van der Waals surface area contributed by atoms with E-state index in [9.17, 15) is 0 Å². The fourth-order valence-corrected chi connectivity index (χ4v) is 2.37. The third kappa shape index (κ3) is 5.59. The van der Waals surface area contributed by atoms with Gasteiger partial charge in [-0.15, -0.1) is 0 Å². The van der Waals surface area contributed by atoms with Gasteiger partial charge in [0.15, 0.2) is 0 Å². The molecule has 0 aliphatic heterocycles. The minimum atomic E-state index is 0.340. The highest BCUT2D eigenvalue weighted by Gasteiger charge is 2.19. The molecule has 1 aromatic carbocycles. The predicted octanol–water partition coefficient (Wildman–Crippen LogP) is 1.71. The van der Waals surface area contributed by atoms with Crippen LogP contribution in [0.25, 0.3) is 0 Å². The number of hydrogen-bond donors (Lipinski definition) is 1. The second-order valence-electron chi connectivity index (χ2n) is 5.14. The molecular weight excluding hydrogens is 252 g/mol. The standard InChI is InChI=1S/C16H28N2O2/c1-14(13-20-3)18(9-10-19-2)12-16(11-17)15-7-5-4-6-8-15/h4-8,14,16H,9-13,17H2,1-3H3. The van der Waals surface area contributed by atoms with Gasteiger partial charge in [0, 0.05) is 45.8 Å². The molecule has 2 atom stereocenters. The lowest BCUT2D eigenvalue weighted by Gasteiger charge is -2.32. The molecule has 0 saturated carbocycles. The molecule has 20 heavy (non-hydrogen) atoms. The Hall–Kier alpha value is -0.940. The van der Waals surface area contributed by atoms with E-state index in [0.717, 1.165) is 26.3 Å². The maximum absolute atomic E-state index is 5.97. The maximum atomic E-state index is 5.97. The number of benzene rings is 1. The molecule has 114 valence electrons. The topological polar surface area (TPSA) is 47.7 Å². The maximum Gasteiger partial charge on any atom is 0.0615 e. The molecule has 0 heterocycles. The van der Waals surface area contributed by atoms with E-state index >= 15 is 0 Å². The van der Waals surface area contributed by atoms with Crippen LogP contribution < -0.4 is 5.73 Å². The number of ether oxygens (including phenoxy) is 2. The van der Waals surface area contributed by atoms with Gasteiger partial charge in [0.25, 0.3) is 0 Å². The van der Waals surface area contributed by atoms with Gasteiger partial charge in [-0.3, -0.25) is 4.90 Å². The van der Waals surface area contributed by atoms with Crippen LogP contribution in [0.2, 0.25) is 0 Å². The van der Waals surface area contributed by atoms with Crippen molar-refractivity contribution in [2.24, 2.45) is 5.73 Å². The Labute approximate surface area is 122 Å². The molecule has 1 rings (SSSR count). The monoisotopic (exact) mass is 280 g/mol. The summed E-state index contributed by atoms with van der Waals surface area (Å²) in [6.07, 6.45) is 0. The molecule has 0 aliphatic rings. The van der Waals surface area contributed by atoms with Crippen molar-refractivity contribution in [1.29, 1.82) is 0 Å². The Morgan fingerprint density at radius 3 is 2.40 bits per heavy atom. The second-order valence-corrected chi connectivity index (χ2v) is 5.14. The van der Waals surface area contributed by atoms with Gasteiger partial charge in [-0.25, -0.2) is 0 Å². The zero-order valence-electron chi connectivity index (χ0n) is 12.9. The van der Waals surface area contributed by atoms with Crippen LogP contribution in [-0.2, 0) is 9.47 Å². The fourth-order valence-electron chi connectivity index (χ4n) is 2.37. The highest BCUT2D eigenvalue weighted by Crippen LogP contribution is 2.17. The van der Waals surface area contributed by atoms with Crippen LogP contribution in [0.4, 0.5) is 0 Å². The van der Waals surface area contributed by atoms with Crippen molar-refractivity contribution < 1.29 is 9.47 Å².